The molecule has 0 saturated heterocycles. The number of carbonyl (C=O) groups excluding carboxylic acids is 1. The van der Waals surface area contributed by atoms with Crippen LogP contribution < -0.4 is 24.8 Å². The fraction of sp³-hybridized carbons (Fsp3) is 0.308. The number of nitrogens with two attached hydrogens (primary N) is 1. The molecule has 3 rings (SSSR count). The number of methoxy groups -OCH3 is 2. The number of amides is 1. The molecule has 0 fully saturated rings. The number of pyridine rings is 1. The summed E-state index contributed by atoms with van der Waals surface area (Å²) < 4.78 is 31.6. The van der Waals surface area contributed by atoms with Gasteiger partial charge >= 0.3 is 6.09 Å². The summed E-state index contributed by atoms with van der Waals surface area (Å²) in [7, 11) is 3.21. The summed E-state index contributed by atoms with van der Waals surface area (Å²) in [6.07, 6.45) is -1.02. The lowest BCUT2D eigenvalue weighted by atomic mass is 9.91. The van der Waals surface area contributed by atoms with Crippen molar-refractivity contribution in [1.82, 2.24) is 4.98 Å². The van der Waals surface area contributed by atoms with Crippen LogP contribution in [-0.4, -0.2) is 25.3 Å². The average molecular weight is 593 g/mol. The SMILES string of the molecule is COc1ccc(CN(Cc2ccc(OC)cc2)c2nc(C(C)(C)C)c(OC(N)=O)c(I)c2F)cc1. The van der Waals surface area contributed by atoms with Crippen LogP contribution in [0, 0.1) is 9.39 Å². The molecular formula is C26H29FIN3O4. The number of aromatic nitrogens is 1. The molecule has 1 amide bonds. The minimum atomic E-state index is -1.02. The van der Waals surface area contributed by atoms with E-state index in [-0.39, 0.29) is 15.1 Å². The Morgan fingerprint density at radius 3 is 1.80 bits per heavy atom. The van der Waals surface area contributed by atoms with Crippen LogP contribution in [0.1, 0.15) is 37.6 Å². The van der Waals surface area contributed by atoms with Crippen molar-refractivity contribution in [2.45, 2.75) is 39.3 Å². The summed E-state index contributed by atoms with van der Waals surface area (Å²) in [5, 5.41) is 0. The number of hydrogen-bond donors (Lipinski definition) is 1. The zero-order valence-corrected chi connectivity index (χ0v) is 22.6. The molecule has 2 aromatic carbocycles. The van der Waals surface area contributed by atoms with Crippen LogP contribution >= 0.6 is 22.6 Å². The molecule has 0 aliphatic heterocycles. The van der Waals surface area contributed by atoms with Gasteiger partial charge < -0.3 is 24.8 Å². The minimum Gasteiger partial charge on any atom is -0.497 e. The van der Waals surface area contributed by atoms with Gasteiger partial charge in [-0.1, -0.05) is 45.0 Å². The van der Waals surface area contributed by atoms with Crippen molar-refractivity contribution in [1.29, 1.82) is 0 Å². The average Bonchev–Trinajstić information content (AvgIpc) is 2.81. The van der Waals surface area contributed by atoms with Crippen molar-refractivity contribution in [3.8, 4) is 17.2 Å². The van der Waals surface area contributed by atoms with E-state index in [0.717, 1.165) is 22.6 Å². The first-order chi connectivity index (χ1) is 16.5. The van der Waals surface area contributed by atoms with Gasteiger partial charge in [-0.05, 0) is 58.0 Å². The molecule has 0 atom stereocenters. The summed E-state index contributed by atoms with van der Waals surface area (Å²) in [5.41, 5.74) is 7.05. The van der Waals surface area contributed by atoms with Gasteiger partial charge in [-0.15, -0.1) is 0 Å². The maximum absolute atomic E-state index is 15.8. The molecule has 0 aliphatic rings. The molecule has 186 valence electrons. The van der Waals surface area contributed by atoms with E-state index in [9.17, 15) is 4.79 Å². The van der Waals surface area contributed by atoms with Crippen LogP contribution in [0.25, 0.3) is 0 Å². The molecule has 9 heteroatoms. The van der Waals surface area contributed by atoms with Crippen molar-refractivity contribution in [3.63, 3.8) is 0 Å². The zero-order valence-electron chi connectivity index (χ0n) is 20.4. The summed E-state index contributed by atoms with van der Waals surface area (Å²) in [4.78, 5) is 18.1. The first kappa shape index (κ1) is 26.5. The third-order valence-corrected chi connectivity index (χ3v) is 6.26. The second-order valence-electron chi connectivity index (χ2n) is 8.96. The van der Waals surface area contributed by atoms with E-state index in [1.54, 1.807) is 14.2 Å². The van der Waals surface area contributed by atoms with E-state index in [0.29, 0.717) is 18.8 Å². The van der Waals surface area contributed by atoms with Gasteiger partial charge in [0.2, 0.25) is 0 Å². The quantitative estimate of drug-likeness (QED) is 0.332. The smallest absolute Gasteiger partial charge is 0.410 e. The van der Waals surface area contributed by atoms with Crippen molar-refractivity contribution >= 4 is 34.5 Å². The van der Waals surface area contributed by atoms with Gasteiger partial charge in [0.05, 0.1) is 23.5 Å². The lowest BCUT2D eigenvalue weighted by molar-refractivity contribution is 0.209. The lowest BCUT2D eigenvalue weighted by Crippen LogP contribution is -2.28. The lowest BCUT2D eigenvalue weighted by Gasteiger charge is -2.29. The van der Waals surface area contributed by atoms with E-state index in [4.69, 9.17) is 19.9 Å². The molecule has 0 aliphatic carbocycles. The molecule has 7 nitrogen and oxygen atoms in total. The molecule has 1 aromatic heterocycles. The number of halogens is 2. The number of primary amides is 1. The number of benzene rings is 2. The monoisotopic (exact) mass is 593 g/mol. The molecular weight excluding hydrogens is 564 g/mol. The van der Waals surface area contributed by atoms with E-state index in [2.05, 4.69) is 4.98 Å². The van der Waals surface area contributed by atoms with E-state index >= 15 is 4.39 Å². The molecule has 0 bridgehead atoms. The molecule has 35 heavy (non-hydrogen) atoms. The third-order valence-electron chi connectivity index (χ3n) is 5.30. The molecule has 1 heterocycles. The van der Waals surface area contributed by atoms with Gasteiger partial charge in [0.15, 0.2) is 17.4 Å². The number of ether oxygens (including phenoxy) is 3. The topological polar surface area (TPSA) is 86.9 Å². The van der Waals surface area contributed by atoms with Crippen molar-refractivity contribution < 1.29 is 23.4 Å². The summed E-state index contributed by atoms with van der Waals surface area (Å²) >= 11 is 1.84. The highest BCUT2D eigenvalue weighted by molar-refractivity contribution is 14.1. The van der Waals surface area contributed by atoms with Gasteiger partial charge in [0.1, 0.15) is 11.5 Å². The van der Waals surface area contributed by atoms with Crippen LogP contribution in [-0.2, 0) is 18.5 Å². The van der Waals surface area contributed by atoms with Gasteiger partial charge in [0.25, 0.3) is 0 Å². The van der Waals surface area contributed by atoms with E-state index in [1.807, 2.05) is 96.8 Å². The maximum Gasteiger partial charge on any atom is 0.410 e. The van der Waals surface area contributed by atoms with Gasteiger partial charge in [0, 0.05) is 18.5 Å². The largest absolute Gasteiger partial charge is 0.497 e. The maximum atomic E-state index is 15.8. The standard InChI is InChI=1S/C26H29FIN3O4/c1-26(2,3)23-22(35-25(29)32)21(28)20(27)24(30-23)31(14-16-6-10-18(33-4)11-7-16)15-17-8-12-19(34-5)13-9-17/h6-13H,14-15H2,1-5H3,(H2,29,32). The van der Waals surface area contributed by atoms with Gasteiger partial charge in [-0.2, -0.15) is 0 Å². The highest BCUT2D eigenvalue weighted by Crippen LogP contribution is 2.39. The van der Waals surface area contributed by atoms with Crippen LogP contribution in [0.2, 0.25) is 0 Å². The fourth-order valence-electron chi connectivity index (χ4n) is 3.53. The van der Waals surface area contributed by atoms with Crippen LogP contribution in [0.4, 0.5) is 15.0 Å². The molecule has 0 spiro atoms. The summed E-state index contributed by atoms with van der Waals surface area (Å²) in [6.45, 7) is 6.51. The number of hydrogen-bond acceptors (Lipinski definition) is 6. The molecule has 0 radical (unpaired) electrons. The summed E-state index contributed by atoms with van der Waals surface area (Å²) in [5.74, 6) is 1.08. The zero-order chi connectivity index (χ0) is 25.8. The molecule has 3 aromatic rings. The number of rotatable bonds is 8. The van der Waals surface area contributed by atoms with Gasteiger partial charge in [-0.25, -0.2) is 14.2 Å². The Morgan fingerprint density at radius 1 is 0.971 bits per heavy atom. The van der Waals surface area contributed by atoms with Gasteiger partial charge in [-0.3, -0.25) is 0 Å². The third kappa shape index (κ3) is 6.53. The predicted molar refractivity (Wildman–Crippen MR) is 142 cm³/mol. The normalized spacial score (nSPS) is 11.2. The van der Waals surface area contributed by atoms with Crippen LogP contribution in [0.15, 0.2) is 48.5 Å². The minimum absolute atomic E-state index is 0.0423. The number of anilines is 1. The first-order valence-corrected chi connectivity index (χ1v) is 12.0. The molecule has 0 saturated carbocycles. The van der Waals surface area contributed by atoms with Crippen LogP contribution in [0.3, 0.4) is 0 Å². The van der Waals surface area contributed by atoms with Crippen LogP contribution in [0.5, 0.6) is 17.2 Å². The Morgan fingerprint density at radius 2 is 1.43 bits per heavy atom. The predicted octanol–water partition coefficient (Wildman–Crippen LogP) is 5.80. The molecule has 0 unspecified atom stereocenters. The van der Waals surface area contributed by atoms with Crippen molar-refractivity contribution in [3.05, 3.63) is 74.7 Å². The Balaban J connectivity index is 2.12. The van der Waals surface area contributed by atoms with Crippen molar-refractivity contribution in [2.24, 2.45) is 5.73 Å². The first-order valence-electron chi connectivity index (χ1n) is 10.9. The highest BCUT2D eigenvalue weighted by Gasteiger charge is 2.30. The summed E-state index contributed by atoms with van der Waals surface area (Å²) in [6, 6.07) is 15.2. The Hall–Kier alpha value is -3.08. The fourth-order valence-corrected chi connectivity index (χ4v) is 4.13. The number of carbonyl (C=O) groups is 1. The Bertz CT molecular complexity index is 1130. The van der Waals surface area contributed by atoms with E-state index < -0.39 is 17.3 Å². The molecule has 2 N–H and O–H groups in total. The number of nitrogens with zero attached hydrogens (tertiary/aromatic N) is 2. The highest BCUT2D eigenvalue weighted by atomic mass is 127. The second kappa shape index (κ2) is 11.1. The van der Waals surface area contributed by atoms with E-state index in [1.165, 1.54) is 0 Å². The Labute approximate surface area is 218 Å². The Kier molecular flexibility index (Phi) is 8.42. The second-order valence-corrected chi connectivity index (χ2v) is 10.0. The van der Waals surface area contributed by atoms with Crippen molar-refractivity contribution in [2.75, 3.05) is 19.1 Å².